The molecule has 3 aliphatic rings. The zero-order valence-electron chi connectivity index (χ0n) is 27.8. The first-order chi connectivity index (χ1) is 22.6. The van der Waals surface area contributed by atoms with Crippen LogP contribution in [0.4, 0.5) is 13.2 Å². The highest BCUT2D eigenvalue weighted by molar-refractivity contribution is 7.11. The third-order valence-corrected chi connectivity index (χ3v) is 9.97. The summed E-state index contributed by atoms with van der Waals surface area (Å²) in [6.07, 6.45) is 1.62. The number of aromatic nitrogens is 1. The highest BCUT2D eigenvalue weighted by Crippen LogP contribution is 2.43. The van der Waals surface area contributed by atoms with E-state index in [1.807, 2.05) is 0 Å². The van der Waals surface area contributed by atoms with Gasteiger partial charge in [0.15, 0.2) is 10.8 Å². The number of esters is 1. The summed E-state index contributed by atoms with van der Waals surface area (Å²) in [6, 6.07) is 1.19. The summed E-state index contributed by atoms with van der Waals surface area (Å²) in [7, 11) is 0. The number of nitrogens with zero attached hydrogens (tertiary/aromatic N) is 5. The number of ether oxygens (including phenoxy) is 1. The zero-order valence-corrected chi connectivity index (χ0v) is 28.6. The minimum atomic E-state index is -3.30. The maximum Gasteiger partial charge on any atom is 0.338 e. The van der Waals surface area contributed by atoms with Crippen molar-refractivity contribution in [2.75, 3.05) is 32.8 Å². The number of carboxylic acids is 1. The highest BCUT2D eigenvalue weighted by atomic mass is 32.1. The first-order valence-electron chi connectivity index (χ1n) is 15.9. The number of thiazole rings is 1. The van der Waals surface area contributed by atoms with Crippen LogP contribution in [-0.2, 0) is 19.1 Å². The number of amidine groups is 1. The van der Waals surface area contributed by atoms with Gasteiger partial charge in [-0.1, -0.05) is 26.0 Å². The van der Waals surface area contributed by atoms with Crippen LogP contribution in [0.2, 0.25) is 0 Å². The third kappa shape index (κ3) is 6.72. The van der Waals surface area contributed by atoms with Gasteiger partial charge in [0.1, 0.15) is 17.9 Å². The molecule has 0 saturated carbocycles. The number of hydrazine groups is 1. The Morgan fingerprint density at radius 3 is 2.60 bits per heavy atom. The van der Waals surface area contributed by atoms with Crippen LogP contribution >= 0.6 is 11.3 Å². The molecule has 2 aromatic rings. The summed E-state index contributed by atoms with van der Waals surface area (Å²) >= 11 is 1.29. The van der Waals surface area contributed by atoms with Gasteiger partial charge in [-0.2, -0.15) is 0 Å². The molecule has 2 saturated heterocycles. The van der Waals surface area contributed by atoms with Crippen LogP contribution in [-0.4, -0.2) is 99.5 Å². The van der Waals surface area contributed by atoms with Gasteiger partial charge in [0.25, 0.3) is 5.92 Å². The van der Waals surface area contributed by atoms with Gasteiger partial charge in [-0.25, -0.2) is 28.0 Å². The van der Waals surface area contributed by atoms with Crippen LogP contribution in [0.1, 0.15) is 63.2 Å². The van der Waals surface area contributed by atoms with E-state index >= 15 is 8.78 Å². The number of likely N-dealkylation sites (tertiary alicyclic amines) is 1. The molecule has 48 heavy (non-hydrogen) atoms. The van der Waals surface area contributed by atoms with Crippen LogP contribution in [0.25, 0.3) is 0 Å². The second kappa shape index (κ2) is 13.6. The van der Waals surface area contributed by atoms with E-state index in [2.05, 4.69) is 10.3 Å². The monoisotopic (exact) mass is 690 g/mol. The van der Waals surface area contributed by atoms with Crippen molar-refractivity contribution in [3.63, 3.8) is 0 Å². The summed E-state index contributed by atoms with van der Waals surface area (Å²) in [5, 5.41) is 17.8. The molecule has 0 unspecified atom stereocenters. The van der Waals surface area contributed by atoms with E-state index in [0.717, 1.165) is 0 Å². The summed E-state index contributed by atoms with van der Waals surface area (Å²) in [5.41, 5.74) is -0.201. The molecule has 15 heteroatoms. The Bertz CT molecular complexity index is 1630. The molecule has 2 fully saturated rings. The van der Waals surface area contributed by atoms with Gasteiger partial charge >= 0.3 is 11.9 Å². The number of carbonyl (C=O) groups is 3. The van der Waals surface area contributed by atoms with Crippen LogP contribution in [0.3, 0.4) is 0 Å². The normalized spacial score (nSPS) is 22.9. The quantitative estimate of drug-likeness (QED) is 0.330. The standard InChI is InChI=1S/C33H41F3N6O5S/c1-7-47-30(44)24-22(38-27(28-37-12-14-48-28)39-25(24)20-9-8-10-21(34)19(20)4)15-40-17-33(35,36)26-23(40)16-42(29(43)18(2)3)41(26)13-11-32(5,6)31(45)46/h8-10,12,14,18,23,25-26H,7,11,13,15-17H2,1-6H3,(H,38,39)(H,45,46)/t23-,25-,26+/m0/s1. The molecular weight excluding hydrogens is 649 g/mol. The lowest BCUT2D eigenvalue weighted by atomic mass is 9.89. The van der Waals surface area contributed by atoms with Crippen molar-refractivity contribution < 1.29 is 37.4 Å². The molecule has 1 aromatic heterocycles. The molecule has 0 aliphatic carbocycles. The highest BCUT2D eigenvalue weighted by Gasteiger charge is 2.63. The molecule has 0 bridgehead atoms. The molecule has 5 rings (SSSR count). The number of benzene rings is 1. The van der Waals surface area contributed by atoms with Gasteiger partial charge in [0, 0.05) is 36.3 Å². The van der Waals surface area contributed by atoms with E-state index < -0.39 is 59.7 Å². The molecule has 1 aromatic carbocycles. The average molecular weight is 691 g/mol. The van der Waals surface area contributed by atoms with Crippen LogP contribution in [0, 0.1) is 24.1 Å². The molecule has 11 nitrogen and oxygen atoms in total. The molecule has 2 N–H and O–H groups in total. The van der Waals surface area contributed by atoms with Crippen LogP contribution in [0.5, 0.6) is 0 Å². The van der Waals surface area contributed by atoms with E-state index in [4.69, 9.17) is 9.73 Å². The smallest absolute Gasteiger partial charge is 0.338 e. The van der Waals surface area contributed by atoms with Gasteiger partial charge in [0.2, 0.25) is 5.91 Å². The number of aliphatic carboxylic acids is 1. The lowest BCUT2D eigenvalue weighted by Crippen LogP contribution is -2.53. The van der Waals surface area contributed by atoms with Gasteiger partial charge in [-0.15, -0.1) is 11.3 Å². The second-order valence-corrected chi connectivity index (χ2v) is 14.2. The number of hydrogen-bond donors (Lipinski definition) is 2. The van der Waals surface area contributed by atoms with Crippen molar-refractivity contribution >= 4 is 35.0 Å². The fourth-order valence-corrected chi connectivity index (χ4v) is 7.03. The second-order valence-electron chi connectivity index (χ2n) is 13.3. The lowest BCUT2D eigenvalue weighted by molar-refractivity contribution is -0.161. The fraction of sp³-hybridized carbons (Fsp3) is 0.545. The molecule has 1 amide bonds. The Kier molecular flexibility index (Phi) is 10.0. The molecular formula is C33H41F3N6O5S. The number of amides is 1. The number of carboxylic acid groups (broad SMARTS) is 1. The van der Waals surface area contributed by atoms with E-state index in [9.17, 15) is 23.9 Å². The van der Waals surface area contributed by atoms with Crippen LogP contribution in [0.15, 0.2) is 46.0 Å². The van der Waals surface area contributed by atoms with Gasteiger partial charge in [0.05, 0.1) is 36.7 Å². The maximum atomic E-state index is 16.1. The number of fused-ring (bicyclic) bond motifs is 1. The predicted molar refractivity (Wildman–Crippen MR) is 173 cm³/mol. The molecule has 260 valence electrons. The number of hydrogen-bond acceptors (Lipinski definition) is 10. The minimum absolute atomic E-state index is 0.0333. The Labute approximate surface area is 281 Å². The van der Waals surface area contributed by atoms with E-state index in [0.29, 0.717) is 16.4 Å². The molecule has 3 atom stereocenters. The largest absolute Gasteiger partial charge is 0.481 e. The van der Waals surface area contributed by atoms with Gasteiger partial charge < -0.3 is 15.2 Å². The Morgan fingerprint density at radius 2 is 1.98 bits per heavy atom. The van der Waals surface area contributed by atoms with Crippen molar-refractivity contribution in [3.8, 4) is 0 Å². The fourth-order valence-electron chi connectivity index (χ4n) is 6.44. The van der Waals surface area contributed by atoms with Crippen molar-refractivity contribution in [2.45, 2.75) is 72.0 Å². The number of alkyl halides is 2. The van der Waals surface area contributed by atoms with E-state index in [1.54, 1.807) is 45.3 Å². The van der Waals surface area contributed by atoms with Crippen molar-refractivity contribution in [1.82, 2.24) is 25.2 Å². The third-order valence-electron chi connectivity index (χ3n) is 9.19. The minimum Gasteiger partial charge on any atom is -0.481 e. The van der Waals surface area contributed by atoms with Gasteiger partial charge in [-0.3, -0.25) is 24.5 Å². The topological polar surface area (TPSA) is 128 Å². The average Bonchev–Trinajstić information content (AvgIpc) is 3.74. The molecule has 0 radical (unpaired) electrons. The van der Waals surface area contributed by atoms with Gasteiger partial charge in [-0.05, 0) is 51.3 Å². The molecule has 0 spiro atoms. The number of aliphatic imine (C=N–C) groups is 1. The predicted octanol–water partition coefficient (Wildman–Crippen LogP) is 4.40. The van der Waals surface area contributed by atoms with E-state index in [-0.39, 0.29) is 55.4 Å². The number of carbonyl (C=O) groups excluding carboxylic acids is 2. The van der Waals surface area contributed by atoms with E-state index in [1.165, 1.54) is 52.2 Å². The Hall–Kier alpha value is -3.82. The summed E-state index contributed by atoms with van der Waals surface area (Å²) < 4.78 is 52.6. The number of halogens is 3. The Morgan fingerprint density at radius 1 is 1.25 bits per heavy atom. The van der Waals surface area contributed by atoms with Crippen molar-refractivity contribution in [3.05, 3.63) is 63.0 Å². The number of nitrogens with one attached hydrogen (secondary N) is 1. The first kappa shape index (κ1) is 35.5. The zero-order chi connectivity index (χ0) is 35.1. The molecule has 3 aliphatic heterocycles. The van der Waals surface area contributed by atoms with Crippen molar-refractivity contribution in [2.24, 2.45) is 16.3 Å². The summed E-state index contributed by atoms with van der Waals surface area (Å²) in [6.45, 7) is 8.70. The molecule has 4 heterocycles. The first-order valence-corrected chi connectivity index (χ1v) is 16.8. The van der Waals surface area contributed by atoms with Crippen molar-refractivity contribution in [1.29, 1.82) is 0 Å². The summed E-state index contributed by atoms with van der Waals surface area (Å²) in [5.74, 6) is -6.13. The summed E-state index contributed by atoms with van der Waals surface area (Å²) in [4.78, 5) is 49.5. The maximum absolute atomic E-state index is 16.1. The lowest BCUT2D eigenvalue weighted by Gasteiger charge is -2.36. The number of rotatable bonds is 11. The SMILES string of the molecule is CCOC(=O)C1=C(CN2CC(F)(F)[C@H]3[C@@H]2CN(C(=O)C(C)C)N3CCC(C)(C)C(=O)O)NC(c2nccs2)=N[C@H]1c1cccc(F)c1C. The Balaban J connectivity index is 1.57. The van der Waals surface area contributed by atoms with Crippen LogP contribution < -0.4 is 5.32 Å².